The van der Waals surface area contributed by atoms with Crippen LogP contribution in [0.1, 0.15) is 6.42 Å². The summed E-state index contributed by atoms with van der Waals surface area (Å²) in [7, 11) is 0. The zero-order valence-electron chi connectivity index (χ0n) is 13.4. The number of hydrogen-bond acceptors (Lipinski definition) is 4. The van der Waals surface area contributed by atoms with Gasteiger partial charge >= 0.3 is 0 Å². The molecule has 0 unspecified atom stereocenters. The second-order valence-corrected chi connectivity index (χ2v) is 7.12. The van der Waals surface area contributed by atoms with Gasteiger partial charge in [0.15, 0.2) is 0 Å². The first-order valence-electron chi connectivity index (χ1n) is 7.72. The van der Waals surface area contributed by atoms with Gasteiger partial charge in [-0.15, -0.1) is 0 Å². The highest BCUT2D eigenvalue weighted by Crippen LogP contribution is 2.27. The molecule has 1 N–H and O–H groups in total. The number of para-hydroxylation sites is 1. The number of hydrogen-bond donors (Lipinski definition) is 1. The lowest BCUT2D eigenvalue weighted by atomic mass is 10.2. The Hall–Kier alpha value is -2.38. The molecule has 0 spiro atoms. The van der Waals surface area contributed by atoms with E-state index in [1.54, 1.807) is 12.1 Å². The van der Waals surface area contributed by atoms with Crippen LogP contribution in [0.25, 0.3) is 0 Å². The number of carbonyl (C=O) groups is 2. The third-order valence-electron chi connectivity index (χ3n) is 3.47. The Balaban J connectivity index is 1.50. The predicted molar refractivity (Wildman–Crippen MR) is 100 cm³/mol. The molecular weight excluding hydrogens is 379 g/mol. The van der Waals surface area contributed by atoms with E-state index < -0.39 is 11.1 Å². The number of halogens is 2. The maximum absolute atomic E-state index is 13.1. The fourth-order valence-electron chi connectivity index (χ4n) is 2.25. The van der Waals surface area contributed by atoms with Crippen molar-refractivity contribution in [1.29, 1.82) is 0 Å². The topological polar surface area (TPSA) is 67.8 Å². The van der Waals surface area contributed by atoms with Gasteiger partial charge in [0.05, 0.1) is 5.02 Å². The highest BCUT2D eigenvalue weighted by Gasteiger charge is 2.30. The molecule has 1 atom stereocenters. The van der Waals surface area contributed by atoms with E-state index in [4.69, 9.17) is 16.3 Å². The van der Waals surface area contributed by atoms with Crippen molar-refractivity contribution in [2.75, 3.05) is 11.9 Å². The minimum Gasteiger partial charge on any atom is -0.487 e. The zero-order valence-corrected chi connectivity index (χ0v) is 15.0. The normalized spacial score (nSPS) is 16.3. The Kier molecular flexibility index (Phi) is 5.90. The van der Waals surface area contributed by atoms with Crippen LogP contribution in [0.2, 0.25) is 5.02 Å². The van der Waals surface area contributed by atoms with Crippen LogP contribution < -0.4 is 10.1 Å². The Morgan fingerprint density at radius 2 is 2.04 bits per heavy atom. The first kappa shape index (κ1) is 18.4. The number of aliphatic imine (C=N–C) groups is 1. The molecule has 1 aliphatic heterocycles. The average Bonchev–Trinajstić information content (AvgIpc) is 2.97. The van der Waals surface area contributed by atoms with E-state index in [2.05, 4.69) is 10.3 Å². The van der Waals surface area contributed by atoms with E-state index in [1.165, 1.54) is 23.9 Å². The molecule has 5 nitrogen and oxygen atoms in total. The van der Waals surface area contributed by atoms with Crippen molar-refractivity contribution in [3.05, 3.63) is 59.4 Å². The highest BCUT2D eigenvalue weighted by atomic mass is 35.5. The van der Waals surface area contributed by atoms with Crippen LogP contribution in [-0.2, 0) is 9.59 Å². The van der Waals surface area contributed by atoms with Crippen LogP contribution >= 0.6 is 23.4 Å². The van der Waals surface area contributed by atoms with Crippen molar-refractivity contribution in [2.24, 2.45) is 4.99 Å². The van der Waals surface area contributed by atoms with Crippen LogP contribution in [0, 0.1) is 5.82 Å². The number of amides is 2. The van der Waals surface area contributed by atoms with Gasteiger partial charge in [-0.3, -0.25) is 9.59 Å². The maximum atomic E-state index is 13.1. The number of anilines is 1. The Labute approximate surface area is 158 Å². The van der Waals surface area contributed by atoms with Crippen molar-refractivity contribution in [3.63, 3.8) is 0 Å². The molecule has 1 aliphatic rings. The highest BCUT2D eigenvalue weighted by molar-refractivity contribution is 8.15. The van der Waals surface area contributed by atoms with E-state index in [9.17, 15) is 14.0 Å². The van der Waals surface area contributed by atoms with Gasteiger partial charge in [-0.1, -0.05) is 41.6 Å². The quantitative estimate of drug-likeness (QED) is 0.808. The molecule has 1 heterocycles. The molecule has 8 heteroatoms. The van der Waals surface area contributed by atoms with Crippen LogP contribution in [-0.4, -0.2) is 28.7 Å². The van der Waals surface area contributed by atoms with E-state index in [1.807, 2.05) is 18.2 Å². The minimum atomic E-state index is -0.597. The number of rotatable bonds is 6. The Morgan fingerprint density at radius 1 is 1.27 bits per heavy atom. The Bertz CT molecular complexity index is 861. The number of carbonyl (C=O) groups excluding carboxylic acids is 2. The molecule has 26 heavy (non-hydrogen) atoms. The molecule has 2 aromatic rings. The molecule has 2 aromatic carbocycles. The smallest absolute Gasteiger partial charge is 0.260 e. The molecule has 2 amide bonds. The summed E-state index contributed by atoms with van der Waals surface area (Å²) in [6.07, 6.45) is -0.0448. The maximum Gasteiger partial charge on any atom is 0.260 e. The lowest BCUT2D eigenvalue weighted by molar-refractivity contribution is -0.121. The van der Waals surface area contributed by atoms with Gasteiger partial charge in [-0.2, -0.15) is 0 Å². The van der Waals surface area contributed by atoms with Crippen LogP contribution in [0.4, 0.5) is 10.1 Å². The summed E-state index contributed by atoms with van der Waals surface area (Å²) in [4.78, 5) is 28.0. The van der Waals surface area contributed by atoms with Crippen LogP contribution in [0.15, 0.2) is 53.5 Å². The summed E-state index contributed by atoms with van der Waals surface area (Å²) >= 11 is 6.89. The summed E-state index contributed by atoms with van der Waals surface area (Å²) in [5.41, 5.74) is 0.366. The van der Waals surface area contributed by atoms with E-state index in [-0.39, 0.29) is 29.9 Å². The summed E-state index contributed by atoms with van der Waals surface area (Å²) < 4.78 is 18.7. The minimum absolute atomic E-state index is 0.0448. The molecule has 0 saturated carbocycles. The van der Waals surface area contributed by atoms with Crippen LogP contribution in [0.5, 0.6) is 5.75 Å². The number of nitrogens with one attached hydrogen (secondary N) is 1. The van der Waals surface area contributed by atoms with E-state index in [0.29, 0.717) is 16.5 Å². The SMILES string of the molecule is O=C(C[C@@H]1SC(COc2ccccc2)=NC1=O)Nc1ccc(F)c(Cl)c1. The first-order chi connectivity index (χ1) is 12.5. The van der Waals surface area contributed by atoms with Crippen LogP contribution in [0.3, 0.4) is 0 Å². The molecule has 0 aromatic heterocycles. The third kappa shape index (κ3) is 4.83. The summed E-state index contributed by atoms with van der Waals surface area (Å²) in [5, 5.41) is 2.44. The van der Waals surface area contributed by atoms with E-state index in [0.717, 1.165) is 6.07 Å². The predicted octanol–water partition coefficient (Wildman–Crippen LogP) is 3.93. The molecular formula is C18H14ClFN2O3S. The lowest BCUT2D eigenvalue weighted by Crippen LogP contribution is -2.21. The average molecular weight is 393 g/mol. The monoisotopic (exact) mass is 392 g/mol. The molecule has 0 aliphatic carbocycles. The number of ether oxygens (including phenoxy) is 1. The number of nitrogens with zero attached hydrogens (tertiary/aromatic N) is 1. The van der Waals surface area contributed by atoms with Crippen molar-refractivity contribution in [2.45, 2.75) is 11.7 Å². The van der Waals surface area contributed by atoms with Gasteiger partial charge in [0, 0.05) is 12.1 Å². The molecule has 0 radical (unpaired) electrons. The molecule has 3 rings (SSSR count). The van der Waals surface area contributed by atoms with Crippen molar-refractivity contribution < 1.29 is 18.7 Å². The third-order valence-corrected chi connectivity index (χ3v) is 4.89. The fraction of sp³-hybridized carbons (Fsp3) is 0.167. The molecule has 0 bridgehead atoms. The van der Waals surface area contributed by atoms with Gasteiger partial charge in [0.25, 0.3) is 5.91 Å². The number of thioether (sulfide) groups is 1. The number of benzene rings is 2. The Morgan fingerprint density at radius 3 is 2.77 bits per heavy atom. The largest absolute Gasteiger partial charge is 0.487 e. The standard InChI is InChI=1S/C18H14ClFN2O3S/c19-13-8-11(6-7-14(13)20)21-16(23)9-15-18(24)22-17(26-15)10-25-12-4-2-1-3-5-12/h1-8,15H,9-10H2,(H,21,23)/t15-/m0/s1. The summed E-state index contributed by atoms with van der Waals surface area (Å²) in [6.45, 7) is 0.173. The molecule has 0 saturated heterocycles. The summed E-state index contributed by atoms with van der Waals surface area (Å²) in [5.74, 6) is -0.631. The van der Waals surface area contributed by atoms with Crippen molar-refractivity contribution >= 4 is 45.9 Å². The van der Waals surface area contributed by atoms with Gasteiger partial charge in [-0.25, -0.2) is 9.38 Å². The first-order valence-corrected chi connectivity index (χ1v) is 8.98. The fourth-order valence-corrected chi connectivity index (χ4v) is 3.41. The molecule has 134 valence electrons. The second-order valence-electron chi connectivity index (χ2n) is 5.43. The van der Waals surface area contributed by atoms with E-state index >= 15 is 0 Å². The zero-order chi connectivity index (χ0) is 18.5. The summed E-state index contributed by atoms with van der Waals surface area (Å²) in [6, 6.07) is 13.1. The van der Waals surface area contributed by atoms with Crippen molar-refractivity contribution in [3.8, 4) is 5.75 Å². The van der Waals surface area contributed by atoms with Gasteiger partial charge in [0.1, 0.15) is 28.5 Å². The van der Waals surface area contributed by atoms with Crippen molar-refractivity contribution in [1.82, 2.24) is 0 Å². The molecule has 0 fully saturated rings. The van der Waals surface area contributed by atoms with Gasteiger partial charge in [0.2, 0.25) is 5.91 Å². The second kappa shape index (κ2) is 8.33. The van der Waals surface area contributed by atoms with Gasteiger partial charge < -0.3 is 10.1 Å². The van der Waals surface area contributed by atoms with Gasteiger partial charge in [-0.05, 0) is 30.3 Å². The lowest BCUT2D eigenvalue weighted by Gasteiger charge is -2.09.